The van der Waals surface area contributed by atoms with Crippen LogP contribution in [0, 0.1) is 11.3 Å². The summed E-state index contributed by atoms with van der Waals surface area (Å²) in [7, 11) is 0. The van der Waals surface area contributed by atoms with E-state index in [-0.39, 0.29) is 0 Å². The van der Waals surface area contributed by atoms with Crippen molar-refractivity contribution in [3.63, 3.8) is 0 Å². The molecular weight excluding hydrogens is 122 g/mol. The third-order valence-corrected chi connectivity index (χ3v) is 3.69. The van der Waals surface area contributed by atoms with Gasteiger partial charge in [0.25, 0.3) is 0 Å². The van der Waals surface area contributed by atoms with Crippen LogP contribution in [-0.2, 0) is 0 Å². The monoisotopic (exact) mass is 141 g/mol. The molecule has 1 heteroatoms. The van der Waals surface area contributed by atoms with Crippen molar-refractivity contribution in [1.29, 1.82) is 0 Å². The highest BCUT2D eigenvalue weighted by molar-refractivity contribution is 5.02. The van der Waals surface area contributed by atoms with Gasteiger partial charge in [-0.2, -0.15) is 0 Å². The minimum atomic E-state index is 0.312. The summed E-state index contributed by atoms with van der Waals surface area (Å²) in [6, 6.07) is 0. The van der Waals surface area contributed by atoms with Crippen LogP contribution in [0.15, 0.2) is 0 Å². The van der Waals surface area contributed by atoms with Crippen LogP contribution in [0.3, 0.4) is 0 Å². The van der Waals surface area contributed by atoms with Gasteiger partial charge in [-0.1, -0.05) is 20.8 Å². The molecule has 1 atom stereocenters. The van der Waals surface area contributed by atoms with E-state index in [2.05, 4.69) is 39.9 Å². The van der Waals surface area contributed by atoms with Gasteiger partial charge in [-0.25, -0.2) is 0 Å². The second kappa shape index (κ2) is 1.97. The van der Waals surface area contributed by atoms with Gasteiger partial charge in [-0.15, -0.1) is 0 Å². The molecule has 0 bridgehead atoms. The lowest BCUT2D eigenvalue weighted by Gasteiger charge is -2.37. The quantitative estimate of drug-likeness (QED) is 0.544. The lowest BCUT2D eigenvalue weighted by molar-refractivity contribution is 0.178. The number of hydrogen-bond acceptors (Lipinski definition) is 1. The first-order valence-corrected chi connectivity index (χ1v) is 4.13. The molecule has 1 heterocycles. The third kappa shape index (κ3) is 0.878. The zero-order chi connectivity index (χ0) is 7.99. The molecule has 0 aromatic heterocycles. The van der Waals surface area contributed by atoms with E-state index < -0.39 is 0 Å². The van der Waals surface area contributed by atoms with Crippen molar-refractivity contribution in [3.05, 3.63) is 0 Å². The van der Waals surface area contributed by atoms with Gasteiger partial charge >= 0.3 is 0 Å². The van der Waals surface area contributed by atoms with E-state index in [1.54, 1.807) is 0 Å². The Hall–Kier alpha value is -0.0400. The van der Waals surface area contributed by atoms with Crippen molar-refractivity contribution in [2.75, 3.05) is 6.54 Å². The second-order valence-corrected chi connectivity index (χ2v) is 4.63. The second-order valence-electron chi connectivity index (χ2n) is 4.63. The van der Waals surface area contributed by atoms with Crippen LogP contribution in [0.1, 0.15) is 34.6 Å². The average molecular weight is 141 g/mol. The molecule has 0 saturated carbocycles. The first-order valence-electron chi connectivity index (χ1n) is 4.13. The standard InChI is InChI=1S/C9H19N/c1-7-6-10-9(4,5)8(7,2)3/h7,10H,6H2,1-5H3. The topological polar surface area (TPSA) is 12.0 Å². The molecule has 1 unspecified atom stereocenters. The highest BCUT2D eigenvalue weighted by Gasteiger charge is 2.45. The number of nitrogens with one attached hydrogen (secondary N) is 1. The SMILES string of the molecule is CC1CNC(C)(C)C1(C)C. The molecule has 1 rings (SSSR count). The third-order valence-electron chi connectivity index (χ3n) is 3.69. The van der Waals surface area contributed by atoms with Gasteiger partial charge in [0.1, 0.15) is 0 Å². The van der Waals surface area contributed by atoms with E-state index in [0.717, 1.165) is 5.92 Å². The van der Waals surface area contributed by atoms with Gasteiger partial charge in [0.15, 0.2) is 0 Å². The molecule has 1 saturated heterocycles. The Morgan fingerprint density at radius 1 is 1.20 bits per heavy atom. The lowest BCUT2D eigenvalue weighted by Crippen LogP contribution is -2.44. The van der Waals surface area contributed by atoms with Gasteiger partial charge in [-0.05, 0) is 31.7 Å². The normalized spacial score (nSPS) is 36.3. The summed E-state index contributed by atoms with van der Waals surface area (Å²) in [6.45, 7) is 12.8. The van der Waals surface area contributed by atoms with Gasteiger partial charge in [0.2, 0.25) is 0 Å². The molecule has 1 N–H and O–H groups in total. The minimum absolute atomic E-state index is 0.312. The van der Waals surface area contributed by atoms with Crippen LogP contribution >= 0.6 is 0 Å². The fourth-order valence-corrected chi connectivity index (χ4v) is 1.51. The van der Waals surface area contributed by atoms with E-state index in [9.17, 15) is 0 Å². The highest BCUT2D eigenvalue weighted by Crippen LogP contribution is 2.42. The summed E-state index contributed by atoms with van der Waals surface area (Å²) in [6.07, 6.45) is 0. The Kier molecular flexibility index (Phi) is 1.59. The van der Waals surface area contributed by atoms with Crippen LogP contribution in [0.2, 0.25) is 0 Å². The molecule has 0 aliphatic carbocycles. The minimum Gasteiger partial charge on any atom is -0.311 e. The Bertz CT molecular complexity index is 136. The molecule has 0 aromatic carbocycles. The first-order chi connectivity index (χ1) is 4.38. The van der Waals surface area contributed by atoms with Crippen LogP contribution in [0.4, 0.5) is 0 Å². The van der Waals surface area contributed by atoms with Crippen LogP contribution in [0.5, 0.6) is 0 Å². The largest absolute Gasteiger partial charge is 0.311 e. The predicted octanol–water partition coefficient (Wildman–Crippen LogP) is 2.03. The maximum Gasteiger partial charge on any atom is 0.0179 e. The fourth-order valence-electron chi connectivity index (χ4n) is 1.51. The number of rotatable bonds is 0. The van der Waals surface area contributed by atoms with Crippen molar-refractivity contribution in [1.82, 2.24) is 5.32 Å². The Morgan fingerprint density at radius 3 is 1.80 bits per heavy atom. The maximum absolute atomic E-state index is 3.54. The van der Waals surface area contributed by atoms with Gasteiger partial charge in [-0.3, -0.25) is 0 Å². The zero-order valence-electron chi connectivity index (χ0n) is 7.78. The molecule has 0 amide bonds. The Balaban J connectivity index is 2.84. The molecule has 1 aliphatic rings. The Morgan fingerprint density at radius 2 is 1.70 bits per heavy atom. The van der Waals surface area contributed by atoms with Crippen molar-refractivity contribution < 1.29 is 0 Å². The lowest BCUT2D eigenvalue weighted by atomic mass is 9.71. The molecule has 60 valence electrons. The van der Waals surface area contributed by atoms with Crippen LogP contribution in [0.25, 0.3) is 0 Å². The van der Waals surface area contributed by atoms with E-state index in [4.69, 9.17) is 0 Å². The summed E-state index contributed by atoms with van der Waals surface area (Å²) in [5.41, 5.74) is 0.749. The van der Waals surface area contributed by atoms with Crippen molar-refractivity contribution in [2.45, 2.75) is 40.2 Å². The average Bonchev–Trinajstić information content (AvgIpc) is 1.94. The van der Waals surface area contributed by atoms with Crippen molar-refractivity contribution >= 4 is 0 Å². The maximum atomic E-state index is 3.54. The van der Waals surface area contributed by atoms with Crippen molar-refractivity contribution in [2.24, 2.45) is 11.3 Å². The van der Waals surface area contributed by atoms with E-state index in [1.165, 1.54) is 6.54 Å². The van der Waals surface area contributed by atoms with E-state index in [1.807, 2.05) is 0 Å². The zero-order valence-corrected chi connectivity index (χ0v) is 7.78. The summed E-state index contributed by atoms with van der Waals surface area (Å²) in [4.78, 5) is 0. The molecular formula is C9H19N. The van der Waals surface area contributed by atoms with Gasteiger partial charge in [0, 0.05) is 5.54 Å². The molecule has 0 radical (unpaired) electrons. The van der Waals surface area contributed by atoms with E-state index in [0.29, 0.717) is 11.0 Å². The molecule has 0 aromatic rings. The highest BCUT2D eigenvalue weighted by atomic mass is 15.0. The van der Waals surface area contributed by atoms with Gasteiger partial charge < -0.3 is 5.32 Å². The van der Waals surface area contributed by atoms with Gasteiger partial charge in [0.05, 0.1) is 0 Å². The predicted molar refractivity (Wildman–Crippen MR) is 45.0 cm³/mol. The molecule has 1 aliphatic heterocycles. The summed E-state index contributed by atoms with van der Waals surface area (Å²) < 4.78 is 0. The summed E-state index contributed by atoms with van der Waals surface area (Å²) in [5.74, 6) is 0.794. The van der Waals surface area contributed by atoms with Crippen LogP contribution < -0.4 is 5.32 Å². The Labute approximate surface area is 64.2 Å². The fraction of sp³-hybridized carbons (Fsp3) is 1.00. The number of hydrogen-bond donors (Lipinski definition) is 1. The summed E-state index contributed by atoms with van der Waals surface area (Å²) >= 11 is 0. The molecule has 1 nitrogen and oxygen atoms in total. The molecule has 10 heavy (non-hydrogen) atoms. The summed E-state index contributed by atoms with van der Waals surface area (Å²) in [5, 5.41) is 3.54. The first kappa shape index (κ1) is 8.06. The molecule has 1 fully saturated rings. The van der Waals surface area contributed by atoms with Crippen molar-refractivity contribution in [3.8, 4) is 0 Å². The smallest absolute Gasteiger partial charge is 0.0179 e. The van der Waals surface area contributed by atoms with Crippen LogP contribution in [-0.4, -0.2) is 12.1 Å². The molecule has 0 spiro atoms. The van der Waals surface area contributed by atoms with E-state index >= 15 is 0 Å².